The summed E-state index contributed by atoms with van der Waals surface area (Å²) in [6, 6.07) is 12.7. The van der Waals surface area contributed by atoms with Gasteiger partial charge in [-0.05, 0) is 87.7 Å². The van der Waals surface area contributed by atoms with Crippen LogP contribution in [0.25, 0.3) is 11.0 Å². The number of hydrogen-bond acceptors (Lipinski definition) is 5. The number of carbonyl (C=O) groups is 1. The third-order valence-corrected chi connectivity index (χ3v) is 8.35. The van der Waals surface area contributed by atoms with Crippen LogP contribution in [-0.2, 0) is 17.7 Å². The summed E-state index contributed by atoms with van der Waals surface area (Å²) in [5, 5.41) is 0.673. The van der Waals surface area contributed by atoms with E-state index in [1.807, 2.05) is 37.3 Å². The number of rotatable bonds is 21. The number of furan rings is 1. The second-order valence-corrected chi connectivity index (χ2v) is 11.9. The van der Waals surface area contributed by atoms with Crippen molar-refractivity contribution in [1.29, 1.82) is 0 Å². The quantitative estimate of drug-likeness (QED) is 0.0753. The Hall–Kier alpha value is -2.68. The van der Waals surface area contributed by atoms with Crippen molar-refractivity contribution in [3.05, 3.63) is 59.4 Å². The lowest BCUT2D eigenvalue weighted by molar-refractivity contribution is 0.103. The highest BCUT2D eigenvalue weighted by atomic mass is 32.2. The van der Waals surface area contributed by atoms with Crippen molar-refractivity contribution in [2.45, 2.75) is 91.9 Å². The number of unbranched alkanes of at least 4 members (excludes halogenated alkanes) is 4. The fraction of sp³-hybridized carbons (Fsp3) is 0.559. The molecule has 0 saturated carbocycles. The number of nitrogens with zero attached hydrogens (tertiary/aromatic N) is 2. The third-order valence-electron chi connectivity index (χ3n) is 7.58. The molecule has 1 heterocycles. The van der Waals surface area contributed by atoms with Crippen LogP contribution in [0.1, 0.15) is 107 Å². The maximum Gasteiger partial charge on any atom is 0.261 e. The predicted molar refractivity (Wildman–Crippen MR) is 174 cm³/mol. The standard InChI is InChI=1S/C34H50N2O5S/c1-5-9-14-32-33(30-26-28(17-20-31(30)41-32)36(42(38)39)24-12-8-4)34(37)27-15-18-29(19-16-27)40-25-13-23-35(21-10-6-2)22-11-7-3/h15-20,26H,5-14,21-25H2,1-4H3,(H,38,39). The van der Waals surface area contributed by atoms with Crippen LogP contribution in [-0.4, -0.2) is 52.2 Å². The van der Waals surface area contributed by atoms with E-state index in [1.54, 1.807) is 12.1 Å². The van der Waals surface area contributed by atoms with Crippen LogP contribution >= 0.6 is 0 Å². The van der Waals surface area contributed by atoms with Gasteiger partial charge in [0.15, 0.2) is 5.78 Å². The number of ketones is 1. The summed E-state index contributed by atoms with van der Waals surface area (Å²) in [5.41, 5.74) is 2.30. The van der Waals surface area contributed by atoms with Gasteiger partial charge in [-0.2, -0.15) is 0 Å². The number of anilines is 1. The van der Waals surface area contributed by atoms with Gasteiger partial charge >= 0.3 is 0 Å². The summed E-state index contributed by atoms with van der Waals surface area (Å²) in [6.07, 6.45) is 10.1. The van der Waals surface area contributed by atoms with E-state index in [0.717, 1.165) is 57.5 Å². The van der Waals surface area contributed by atoms with E-state index in [-0.39, 0.29) is 5.78 Å². The summed E-state index contributed by atoms with van der Waals surface area (Å²) in [6.45, 7) is 13.0. The van der Waals surface area contributed by atoms with E-state index in [2.05, 4.69) is 25.7 Å². The molecule has 0 radical (unpaired) electrons. The molecule has 2 aromatic carbocycles. The van der Waals surface area contributed by atoms with Gasteiger partial charge in [-0.1, -0.05) is 53.4 Å². The topological polar surface area (TPSA) is 83.2 Å². The summed E-state index contributed by atoms with van der Waals surface area (Å²) in [7, 11) is 0. The minimum Gasteiger partial charge on any atom is -0.494 e. The number of fused-ring (bicyclic) bond motifs is 1. The van der Waals surface area contributed by atoms with E-state index in [1.165, 1.54) is 30.0 Å². The lowest BCUT2D eigenvalue weighted by atomic mass is 9.98. The number of carbonyl (C=O) groups excluding carboxylic acids is 1. The van der Waals surface area contributed by atoms with E-state index in [4.69, 9.17) is 9.15 Å². The fourth-order valence-corrected chi connectivity index (χ4v) is 5.66. The van der Waals surface area contributed by atoms with Gasteiger partial charge in [-0.15, -0.1) is 0 Å². The van der Waals surface area contributed by atoms with Crippen LogP contribution in [0.2, 0.25) is 0 Å². The summed E-state index contributed by atoms with van der Waals surface area (Å²) < 4.78 is 35.7. The molecule has 1 unspecified atom stereocenters. The van der Waals surface area contributed by atoms with Crippen LogP contribution in [0.5, 0.6) is 5.75 Å². The van der Waals surface area contributed by atoms with Crippen molar-refractivity contribution in [2.24, 2.45) is 0 Å². The Balaban J connectivity index is 1.76. The van der Waals surface area contributed by atoms with Gasteiger partial charge in [-0.25, -0.2) is 4.21 Å². The van der Waals surface area contributed by atoms with Crippen molar-refractivity contribution >= 4 is 33.7 Å². The van der Waals surface area contributed by atoms with Gasteiger partial charge < -0.3 is 14.1 Å². The Bertz CT molecular complexity index is 1250. The zero-order valence-electron chi connectivity index (χ0n) is 26.0. The number of hydrogen-bond donors (Lipinski definition) is 1. The average molecular weight is 599 g/mol. The Labute approximate surface area is 255 Å². The van der Waals surface area contributed by atoms with Crippen LogP contribution < -0.4 is 9.04 Å². The SMILES string of the molecule is CCCCc1oc2ccc(N(CCCC)S(=O)O)cc2c1C(=O)c1ccc(OCCCN(CCCC)CCCC)cc1. The van der Waals surface area contributed by atoms with Gasteiger partial charge in [0, 0.05) is 30.5 Å². The normalized spacial score (nSPS) is 12.2. The number of benzene rings is 2. The van der Waals surface area contributed by atoms with Crippen molar-refractivity contribution in [3.8, 4) is 5.75 Å². The lowest BCUT2D eigenvalue weighted by Crippen LogP contribution is -2.28. The van der Waals surface area contributed by atoms with Crippen LogP contribution in [0.4, 0.5) is 5.69 Å². The molecule has 0 amide bonds. The molecule has 1 atom stereocenters. The van der Waals surface area contributed by atoms with Crippen LogP contribution in [0.3, 0.4) is 0 Å². The minimum absolute atomic E-state index is 0.115. The molecule has 7 nitrogen and oxygen atoms in total. The van der Waals surface area contributed by atoms with Gasteiger partial charge in [0.05, 0.1) is 17.9 Å². The summed E-state index contributed by atoms with van der Waals surface area (Å²) >= 11 is -2.16. The van der Waals surface area contributed by atoms with Gasteiger partial charge in [0.2, 0.25) is 0 Å². The second kappa shape index (κ2) is 18.1. The average Bonchev–Trinajstić information content (AvgIpc) is 3.36. The molecule has 232 valence electrons. The highest BCUT2D eigenvalue weighted by molar-refractivity contribution is 7.80. The molecule has 3 aromatic rings. The molecule has 0 aliphatic rings. The Kier molecular flexibility index (Phi) is 14.6. The van der Waals surface area contributed by atoms with Crippen LogP contribution in [0, 0.1) is 0 Å². The molecule has 1 N–H and O–H groups in total. The van der Waals surface area contributed by atoms with Gasteiger partial charge in [0.1, 0.15) is 17.1 Å². The highest BCUT2D eigenvalue weighted by Crippen LogP contribution is 2.33. The predicted octanol–water partition coefficient (Wildman–Crippen LogP) is 8.42. The Morgan fingerprint density at radius 1 is 0.833 bits per heavy atom. The zero-order valence-corrected chi connectivity index (χ0v) is 26.8. The molecular weight excluding hydrogens is 548 g/mol. The van der Waals surface area contributed by atoms with E-state index in [0.29, 0.717) is 53.1 Å². The highest BCUT2D eigenvalue weighted by Gasteiger charge is 2.23. The van der Waals surface area contributed by atoms with E-state index in [9.17, 15) is 13.6 Å². The first-order valence-electron chi connectivity index (χ1n) is 15.9. The number of aryl methyl sites for hydroxylation is 1. The molecule has 42 heavy (non-hydrogen) atoms. The van der Waals surface area contributed by atoms with E-state index < -0.39 is 11.3 Å². The molecule has 0 fully saturated rings. The first-order chi connectivity index (χ1) is 20.4. The molecule has 0 bridgehead atoms. The van der Waals surface area contributed by atoms with Gasteiger partial charge in [0.25, 0.3) is 11.3 Å². The molecule has 3 rings (SSSR count). The molecule has 0 aliphatic carbocycles. The lowest BCUT2D eigenvalue weighted by Gasteiger charge is -2.21. The maximum absolute atomic E-state index is 13.9. The molecule has 0 spiro atoms. The maximum atomic E-state index is 13.9. The first kappa shape index (κ1) is 33.8. The van der Waals surface area contributed by atoms with Crippen LogP contribution in [0.15, 0.2) is 46.9 Å². The third kappa shape index (κ3) is 9.68. The van der Waals surface area contributed by atoms with Crippen molar-refractivity contribution in [2.75, 3.05) is 37.1 Å². The summed E-state index contributed by atoms with van der Waals surface area (Å²) in [4.78, 5) is 16.4. The number of ether oxygens (including phenoxy) is 1. The molecule has 0 saturated heterocycles. The van der Waals surface area contributed by atoms with Gasteiger partial charge in [-0.3, -0.25) is 13.7 Å². The monoisotopic (exact) mass is 598 g/mol. The molecule has 8 heteroatoms. The molecule has 0 aliphatic heterocycles. The largest absolute Gasteiger partial charge is 0.494 e. The van der Waals surface area contributed by atoms with E-state index >= 15 is 0 Å². The Morgan fingerprint density at radius 2 is 1.45 bits per heavy atom. The first-order valence-corrected chi connectivity index (χ1v) is 16.9. The van der Waals surface area contributed by atoms with Crippen molar-refractivity contribution in [3.63, 3.8) is 0 Å². The second-order valence-electron chi connectivity index (χ2n) is 11.0. The molecular formula is C34H50N2O5S. The zero-order chi connectivity index (χ0) is 30.3. The molecule has 1 aromatic heterocycles. The summed E-state index contributed by atoms with van der Waals surface area (Å²) in [5.74, 6) is 1.30. The fourth-order valence-electron chi connectivity index (χ4n) is 5.08. The smallest absolute Gasteiger partial charge is 0.261 e. The van der Waals surface area contributed by atoms with Crippen molar-refractivity contribution in [1.82, 2.24) is 4.90 Å². The minimum atomic E-state index is -2.16. The van der Waals surface area contributed by atoms with Crippen molar-refractivity contribution < 1.29 is 22.7 Å². The Morgan fingerprint density at radius 3 is 2.07 bits per heavy atom.